The molecule has 0 N–H and O–H groups in total. The van der Waals surface area contributed by atoms with Crippen LogP contribution in [0.25, 0.3) is 0 Å². The Kier molecular flexibility index (Phi) is 8.72. The summed E-state index contributed by atoms with van der Waals surface area (Å²) >= 11 is 0. The van der Waals surface area contributed by atoms with Gasteiger partial charge in [-0.15, -0.1) is 0 Å². The van der Waals surface area contributed by atoms with Gasteiger partial charge in [0.1, 0.15) is 18.5 Å². The van der Waals surface area contributed by atoms with Crippen molar-refractivity contribution in [2.75, 3.05) is 18.1 Å². The summed E-state index contributed by atoms with van der Waals surface area (Å²) in [6, 6.07) is 24.0. The topological polar surface area (TPSA) is 57.2 Å². The number of para-hydroxylation sites is 4. The summed E-state index contributed by atoms with van der Waals surface area (Å²) in [6.45, 7) is 15.7. The molecule has 6 nitrogen and oxygen atoms in total. The van der Waals surface area contributed by atoms with Crippen LogP contribution in [-0.2, 0) is 20.4 Å². The SMILES string of the molecule is CC(C)OC(=O)[C@H](Cc1ccc(OCCN2c3ccccc3Oc3ccccc32)cc1)O[Si](C)(C)C(C)(C)C. The number of rotatable bonds is 10. The lowest BCUT2D eigenvalue weighted by Gasteiger charge is -2.38. The molecule has 0 aromatic heterocycles. The Hall–Kier alpha value is -3.29. The van der Waals surface area contributed by atoms with Crippen molar-refractivity contribution in [3.05, 3.63) is 78.4 Å². The summed E-state index contributed by atoms with van der Waals surface area (Å²) in [7, 11) is -2.17. The lowest BCUT2D eigenvalue weighted by Crippen LogP contribution is -2.47. The second kappa shape index (κ2) is 11.8. The van der Waals surface area contributed by atoms with E-state index in [2.05, 4.69) is 50.9 Å². The largest absolute Gasteiger partial charge is 0.492 e. The van der Waals surface area contributed by atoms with Gasteiger partial charge in [-0.25, -0.2) is 4.79 Å². The Morgan fingerprint density at radius 3 is 2.00 bits per heavy atom. The summed E-state index contributed by atoms with van der Waals surface area (Å²) in [6.07, 6.45) is -0.370. The molecule has 0 unspecified atom stereocenters. The third-order valence-electron chi connectivity index (χ3n) is 7.32. The van der Waals surface area contributed by atoms with Crippen LogP contribution in [0.3, 0.4) is 0 Å². The number of carbonyl (C=O) groups is 1. The quantitative estimate of drug-likeness (QED) is 0.190. The molecule has 0 radical (unpaired) electrons. The van der Waals surface area contributed by atoms with Gasteiger partial charge in [-0.2, -0.15) is 0 Å². The highest BCUT2D eigenvalue weighted by Crippen LogP contribution is 2.46. The van der Waals surface area contributed by atoms with Gasteiger partial charge in [0.25, 0.3) is 0 Å². The molecule has 0 bridgehead atoms. The monoisotopic (exact) mass is 547 g/mol. The number of carbonyl (C=O) groups excluding carboxylic acids is 1. The van der Waals surface area contributed by atoms with Crippen molar-refractivity contribution >= 4 is 25.7 Å². The number of hydrogen-bond donors (Lipinski definition) is 0. The van der Waals surface area contributed by atoms with E-state index in [0.29, 0.717) is 19.6 Å². The first-order chi connectivity index (χ1) is 18.4. The maximum atomic E-state index is 12.9. The zero-order chi connectivity index (χ0) is 28.2. The molecule has 0 saturated carbocycles. The minimum absolute atomic E-state index is 0.0113. The van der Waals surface area contributed by atoms with Crippen molar-refractivity contribution in [3.8, 4) is 17.2 Å². The number of hydrogen-bond acceptors (Lipinski definition) is 6. The number of nitrogens with zero attached hydrogens (tertiary/aromatic N) is 1. The Morgan fingerprint density at radius 2 is 1.46 bits per heavy atom. The molecule has 1 aliphatic heterocycles. The molecular weight excluding hydrogens is 506 g/mol. The van der Waals surface area contributed by atoms with Gasteiger partial charge in [0.05, 0.1) is 24.0 Å². The molecule has 7 heteroatoms. The number of esters is 1. The lowest BCUT2D eigenvalue weighted by molar-refractivity contribution is -0.156. The van der Waals surface area contributed by atoms with E-state index in [1.807, 2.05) is 74.5 Å². The summed E-state index contributed by atoms with van der Waals surface area (Å²) < 4.78 is 24.3. The Balaban J connectivity index is 1.41. The summed E-state index contributed by atoms with van der Waals surface area (Å²) in [4.78, 5) is 15.2. The predicted molar refractivity (Wildman–Crippen MR) is 159 cm³/mol. The molecule has 1 aliphatic rings. The fraction of sp³-hybridized carbons (Fsp3) is 0.406. The minimum Gasteiger partial charge on any atom is -0.492 e. The molecule has 1 heterocycles. The van der Waals surface area contributed by atoms with Crippen LogP contribution in [0.2, 0.25) is 18.1 Å². The van der Waals surface area contributed by atoms with Crippen molar-refractivity contribution in [1.29, 1.82) is 0 Å². The maximum Gasteiger partial charge on any atom is 0.334 e. The highest BCUT2D eigenvalue weighted by atomic mass is 28.4. The molecule has 39 heavy (non-hydrogen) atoms. The normalized spacial score (nSPS) is 13.8. The maximum absolute atomic E-state index is 12.9. The number of benzene rings is 3. The number of anilines is 2. The van der Waals surface area contributed by atoms with Crippen LogP contribution < -0.4 is 14.4 Å². The summed E-state index contributed by atoms with van der Waals surface area (Å²) in [5, 5.41) is -0.0113. The van der Waals surface area contributed by atoms with Crippen LogP contribution in [-0.4, -0.2) is 39.6 Å². The van der Waals surface area contributed by atoms with Gasteiger partial charge in [-0.05, 0) is 73.9 Å². The molecule has 0 aliphatic carbocycles. The molecule has 0 spiro atoms. The van der Waals surface area contributed by atoms with Gasteiger partial charge in [0.15, 0.2) is 19.8 Å². The van der Waals surface area contributed by atoms with Crippen LogP contribution >= 0.6 is 0 Å². The van der Waals surface area contributed by atoms with Crippen LogP contribution in [0, 0.1) is 0 Å². The average Bonchev–Trinajstić information content (AvgIpc) is 2.87. The molecule has 3 aromatic carbocycles. The van der Waals surface area contributed by atoms with Crippen LogP contribution in [0.4, 0.5) is 11.4 Å². The van der Waals surface area contributed by atoms with Crippen LogP contribution in [0.1, 0.15) is 40.2 Å². The van der Waals surface area contributed by atoms with Crippen molar-refractivity contribution in [3.63, 3.8) is 0 Å². The zero-order valence-corrected chi connectivity index (χ0v) is 25.2. The Labute approximate surface area is 234 Å². The van der Waals surface area contributed by atoms with Crippen LogP contribution in [0.15, 0.2) is 72.8 Å². The second-order valence-corrected chi connectivity index (χ2v) is 16.5. The van der Waals surface area contributed by atoms with Crippen molar-refractivity contribution in [2.24, 2.45) is 0 Å². The van der Waals surface area contributed by atoms with Gasteiger partial charge in [-0.3, -0.25) is 0 Å². The molecule has 0 saturated heterocycles. The van der Waals surface area contributed by atoms with Crippen molar-refractivity contribution in [1.82, 2.24) is 0 Å². The predicted octanol–water partition coefficient (Wildman–Crippen LogP) is 7.89. The Morgan fingerprint density at radius 1 is 0.897 bits per heavy atom. The van der Waals surface area contributed by atoms with E-state index in [1.165, 1.54) is 0 Å². The highest BCUT2D eigenvalue weighted by molar-refractivity contribution is 6.74. The van der Waals surface area contributed by atoms with Gasteiger partial charge in [0, 0.05) is 6.42 Å². The molecule has 208 valence electrons. The van der Waals surface area contributed by atoms with E-state index < -0.39 is 14.4 Å². The molecule has 4 rings (SSSR count). The highest BCUT2D eigenvalue weighted by Gasteiger charge is 2.41. The first-order valence-electron chi connectivity index (χ1n) is 13.7. The molecule has 1 atom stereocenters. The summed E-state index contributed by atoms with van der Waals surface area (Å²) in [5.74, 6) is 2.15. The first kappa shape index (κ1) is 28.7. The smallest absolute Gasteiger partial charge is 0.334 e. The fourth-order valence-electron chi connectivity index (χ4n) is 4.23. The lowest BCUT2D eigenvalue weighted by atomic mass is 10.1. The third-order valence-corrected chi connectivity index (χ3v) is 11.8. The second-order valence-electron chi connectivity index (χ2n) is 11.7. The standard InChI is InChI=1S/C32H41NO5Si/c1-23(2)36-31(34)30(38-39(6,7)32(3,4)5)22-24-16-18-25(19-17-24)35-21-20-33-26-12-8-10-14-28(26)37-29-15-11-9-13-27(29)33/h8-19,23,30H,20-22H2,1-7H3/t30-/m0/s1. The van der Waals surface area contributed by atoms with E-state index in [1.54, 1.807) is 0 Å². The van der Waals surface area contributed by atoms with E-state index >= 15 is 0 Å². The number of ether oxygens (including phenoxy) is 3. The molecular formula is C32H41NO5Si. The third kappa shape index (κ3) is 7.02. The Bertz CT molecular complexity index is 1220. The van der Waals surface area contributed by atoms with Crippen LogP contribution in [0.5, 0.6) is 17.2 Å². The van der Waals surface area contributed by atoms with E-state index in [0.717, 1.165) is 34.2 Å². The van der Waals surface area contributed by atoms with E-state index in [-0.39, 0.29) is 17.1 Å². The number of fused-ring (bicyclic) bond motifs is 2. The first-order valence-corrected chi connectivity index (χ1v) is 16.6. The molecule has 3 aromatic rings. The van der Waals surface area contributed by atoms with Gasteiger partial charge < -0.3 is 23.5 Å². The zero-order valence-electron chi connectivity index (χ0n) is 24.2. The van der Waals surface area contributed by atoms with Crippen molar-refractivity contribution < 1.29 is 23.4 Å². The average molecular weight is 548 g/mol. The minimum atomic E-state index is -2.17. The summed E-state index contributed by atoms with van der Waals surface area (Å²) in [5.41, 5.74) is 3.05. The van der Waals surface area contributed by atoms with Gasteiger partial charge >= 0.3 is 5.97 Å². The van der Waals surface area contributed by atoms with Crippen molar-refractivity contribution in [2.45, 2.75) is 71.4 Å². The van der Waals surface area contributed by atoms with Gasteiger partial charge in [0.2, 0.25) is 0 Å². The molecule has 0 amide bonds. The van der Waals surface area contributed by atoms with E-state index in [4.69, 9.17) is 18.6 Å². The fourth-order valence-corrected chi connectivity index (χ4v) is 5.47. The van der Waals surface area contributed by atoms with E-state index in [9.17, 15) is 4.79 Å². The molecule has 0 fully saturated rings. The van der Waals surface area contributed by atoms with Gasteiger partial charge in [-0.1, -0.05) is 57.2 Å².